The van der Waals surface area contributed by atoms with Crippen LogP contribution in [0.25, 0.3) is 0 Å². The van der Waals surface area contributed by atoms with Gasteiger partial charge >= 0.3 is 0 Å². The smallest absolute Gasteiger partial charge is 0.257 e. The number of hydrogen-bond acceptors (Lipinski definition) is 4. The third-order valence-corrected chi connectivity index (χ3v) is 5.41. The van der Waals surface area contributed by atoms with Crippen molar-refractivity contribution in [3.05, 3.63) is 29.8 Å². The van der Waals surface area contributed by atoms with Crippen LogP contribution in [-0.4, -0.2) is 67.6 Å². The Hall–Kier alpha value is -1.30. The van der Waals surface area contributed by atoms with Gasteiger partial charge in [0, 0.05) is 45.3 Å². The molecule has 0 bridgehead atoms. The molecule has 1 aromatic carbocycles. The number of hydrogen-bond donors (Lipinski definition) is 1. The number of benzene rings is 1. The average molecular weight is 366 g/mol. The highest BCUT2D eigenvalue weighted by Crippen LogP contribution is 2.31. The molecule has 4 rings (SSSR count). The summed E-state index contributed by atoms with van der Waals surface area (Å²) in [5.41, 5.74) is 0.721. The zero-order valence-corrected chi connectivity index (χ0v) is 15.5. The molecule has 1 unspecified atom stereocenters. The van der Waals surface area contributed by atoms with Gasteiger partial charge in [-0.05, 0) is 37.3 Å². The SMILES string of the molecule is Cl.O=C(c1ccccc1OCC1CC1)N1CCC(N2CCNCC2)C1. The van der Waals surface area contributed by atoms with Gasteiger partial charge in [0.15, 0.2) is 0 Å². The van der Waals surface area contributed by atoms with Crippen molar-refractivity contribution in [3.8, 4) is 5.75 Å². The van der Waals surface area contributed by atoms with Crippen molar-refractivity contribution in [1.82, 2.24) is 15.1 Å². The van der Waals surface area contributed by atoms with E-state index >= 15 is 0 Å². The number of nitrogens with one attached hydrogen (secondary N) is 1. The second kappa shape index (κ2) is 8.39. The summed E-state index contributed by atoms with van der Waals surface area (Å²) in [5, 5.41) is 3.39. The summed E-state index contributed by atoms with van der Waals surface area (Å²) in [5.74, 6) is 1.57. The van der Waals surface area contributed by atoms with Crippen molar-refractivity contribution < 1.29 is 9.53 Å². The first-order valence-electron chi connectivity index (χ1n) is 9.27. The van der Waals surface area contributed by atoms with E-state index in [0.29, 0.717) is 12.0 Å². The lowest BCUT2D eigenvalue weighted by atomic mass is 10.1. The largest absolute Gasteiger partial charge is 0.492 e. The summed E-state index contributed by atoms with van der Waals surface area (Å²) < 4.78 is 5.92. The molecule has 2 aliphatic heterocycles. The Balaban J connectivity index is 0.00000182. The number of halogens is 1. The third-order valence-electron chi connectivity index (χ3n) is 5.41. The minimum atomic E-state index is 0. The van der Waals surface area contributed by atoms with E-state index in [1.165, 1.54) is 12.8 Å². The normalized spacial score (nSPS) is 24.0. The lowest BCUT2D eigenvalue weighted by Gasteiger charge is -2.32. The van der Waals surface area contributed by atoms with Crippen LogP contribution in [0.15, 0.2) is 24.3 Å². The number of carbonyl (C=O) groups excluding carboxylic acids is 1. The highest BCUT2D eigenvalue weighted by molar-refractivity contribution is 5.97. The molecule has 138 valence electrons. The van der Waals surface area contributed by atoms with Crippen LogP contribution >= 0.6 is 12.4 Å². The molecule has 5 nitrogen and oxygen atoms in total. The molecule has 6 heteroatoms. The Morgan fingerprint density at radius 1 is 1.12 bits per heavy atom. The molecule has 0 aromatic heterocycles. The van der Waals surface area contributed by atoms with Crippen molar-refractivity contribution in [1.29, 1.82) is 0 Å². The molecule has 2 heterocycles. The first-order valence-corrected chi connectivity index (χ1v) is 9.27. The number of nitrogens with zero attached hydrogens (tertiary/aromatic N) is 2. The molecule has 25 heavy (non-hydrogen) atoms. The van der Waals surface area contributed by atoms with Gasteiger partial charge in [0.05, 0.1) is 12.2 Å². The minimum absolute atomic E-state index is 0. The Morgan fingerprint density at radius 3 is 2.64 bits per heavy atom. The Labute approximate surface area is 156 Å². The fourth-order valence-corrected chi connectivity index (χ4v) is 3.70. The van der Waals surface area contributed by atoms with Crippen LogP contribution in [0.3, 0.4) is 0 Å². The number of ether oxygens (including phenoxy) is 1. The van der Waals surface area contributed by atoms with Crippen LogP contribution in [-0.2, 0) is 0 Å². The monoisotopic (exact) mass is 365 g/mol. The van der Waals surface area contributed by atoms with E-state index in [9.17, 15) is 4.79 Å². The number of para-hydroxylation sites is 1. The average Bonchev–Trinajstić information content (AvgIpc) is 3.34. The Bertz CT molecular complexity index is 588. The molecule has 1 atom stereocenters. The molecule has 1 saturated carbocycles. The summed E-state index contributed by atoms with van der Waals surface area (Å²) in [6.07, 6.45) is 3.60. The van der Waals surface area contributed by atoms with Crippen LogP contribution in [0.4, 0.5) is 0 Å². The van der Waals surface area contributed by atoms with E-state index in [0.717, 1.165) is 63.6 Å². The minimum Gasteiger partial charge on any atom is -0.492 e. The van der Waals surface area contributed by atoms with E-state index in [2.05, 4.69) is 10.2 Å². The predicted octanol–water partition coefficient (Wildman–Crippen LogP) is 2.02. The van der Waals surface area contributed by atoms with Crippen molar-refractivity contribution >= 4 is 18.3 Å². The van der Waals surface area contributed by atoms with Gasteiger partial charge in [-0.15, -0.1) is 12.4 Å². The quantitative estimate of drug-likeness (QED) is 0.867. The van der Waals surface area contributed by atoms with E-state index in [1.807, 2.05) is 29.2 Å². The molecular formula is C19H28ClN3O2. The predicted molar refractivity (Wildman–Crippen MR) is 101 cm³/mol. The maximum absolute atomic E-state index is 13.0. The highest BCUT2D eigenvalue weighted by atomic mass is 35.5. The fraction of sp³-hybridized carbons (Fsp3) is 0.632. The van der Waals surface area contributed by atoms with Gasteiger partial charge in [-0.1, -0.05) is 12.1 Å². The Morgan fingerprint density at radius 2 is 1.88 bits per heavy atom. The van der Waals surface area contributed by atoms with E-state index in [4.69, 9.17) is 4.74 Å². The van der Waals surface area contributed by atoms with E-state index in [1.54, 1.807) is 0 Å². The van der Waals surface area contributed by atoms with Crippen LogP contribution in [0.2, 0.25) is 0 Å². The summed E-state index contributed by atoms with van der Waals surface area (Å²) in [7, 11) is 0. The van der Waals surface area contributed by atoms with Gasteiger partial charge in [0.1, 0.15) is 5.75 Å². The summed E-state index contributed by atoms with van der Waals surface area (Å²) in [4.78, 5) is 17.5. The summed E-state index contributed by atoms with van der Waals surface area (Å²) in [6, 6.07) is 8.23. The second-order valence-electron chi connectivity index (χ2n) is 7.23. The molecule has 3 fully saturated rings. The molecule has 1 aliphatic carbocycles. The molecule has 0 spiro atoms. The van der Waals surface area contributed by atoms with Gasteiger partial charge in [0.2, 0.25) is 0 Å². The molecule has 3 aliphatic rings. The zero-order valence-electron chi connectivity index (χ0n) is 14.7. The molecule has 0 radical (unpaired) electrons. The molecule has 1 N–H and O–H groups in total. The number of likely N-dealkylation sites (tertiary alicyclic amines) is 1. The molecule has 2 saturated heterocycles. The van der Waals surface area contributed by atoms with E-state index < -0.39 is 0 Å². The molecule has 1 aromatic rings. The first-order chi connectivity index (χ1) is 11.8. The third kappa shape index (κ3) is 4.46. The van der Waals surface area contributed by atoms with Crippen LogP contribution in [0, 0.1) is 5.92 Å². The zero-order chi connectivity index (χ0) is 16.4. The van der Waals surface area contributed by atoms with Crippen molar-refractivity contribution in [3.63, 3.8) is 0 Å². The van der Waals surface area contributed by atoms with E-state index in [-0.39, 0.29) is 18.3 Å². The number of amides is 1. The fourth-order valence-electron chi connectivity index (χ4n) is 3.70. The lowest BCUT2D eigenvalue weighted by Crippen LogP contribution is -2.49. The first kappa shape index (κ1) is 18.5. The van der Waals surface area contributed by atoms with Gasteiger partial charge in [0.25, 0.3) is 5.91 Å². The van der Waals surface area contributed by atoms with Crippen molar-refractivity contribution in [2.45, 2.75) is 25.3 Å². The van der Waals surface area contributed by atoms with Crippen LogP contribution in [0.5, 0.6) is 5.75 Å². The number of carbonyl (C=O) groups is 1. The lowest BCUT2D eigenvalue weighted by molar-refractivity contribution is 0.0769. The van der Waals surface area contributed by atoms with Crippen molar-refractivity contribution in [2.24, 2.45) is 5.92 Å². The summed E-state index contributed by atoms with van der Waals surface area (Å²) >= 11 is 0. The molecular weight excluding hydrogens is 338 g/mol. The maximum atomic E-state index is 13.0. The second-order valence-corrected chi connectivity index (χ2v) is 7.23. The van der Waals surface area contributed by atoms with Gasteiger partial charge in [-0.2, -0.15) is 0 Å². The van der Waals surface area contributed by atoms with Gasteiger partial charge in [-0.25, -0.2) is 0 Å². The van der Waals surface area contributed by atoms with Crippen molar-refractivity contribution in [2.75, 3.05) is 45.9 Å². The van der Waals surface area contributed by atoms with Crippen LogP contribution < -0.4 is 10.1 Å². The standard InChI is InChI=1S/C19H27N3O2.ClH/c23-19(17-3-1-2-4-18(17)24-14-15-5-6-15)22-10-7-16(13-22)21-11-8-20-9-12-21;/h1-4,15-16,20H,5-14H2;1H. The Kier molecular flexibility index (Phi) is 6.20. The van der Waals surface area contributed by atoms with Gasteiger partial charge < -0.3 is 15.0 Å². The summed E-state index contributed by atoms with van der Waals surface area (Å²) in [6.45, 7) is 6.74. The number of piperazine rings is 1. The van der Waals surface area contributed by atoms with Gasteiger partial charge in [-0.3, -0.25) is 9.69 Å². The topological polar surface area (TPSA) is 44.8 Å². The highest BCUT2D eigenvalue weighted by Gasteiger charge is 2.32. The van der Waals surface area contributed by atoms with Crippen LogP contribution in [0.1, 0.15) is 29.6 Å². The maximum Gasteiger partial charge on any atom is 0.257 e. The number of rotatable bonds is 5. The molecule has 1 amide bonds.